The van der Waals surface area contributed by atoms with Crippen LogP contribution in [0.1, 0.15) is 27.4 Å². The SMILES string of the molecule is COc1ccc(NC(=O)c2ccc(OCc3c(C)noc3C)cc2)cc1. The van der Waals surface area contributed by atoms with Gasteiger partial charge in [-0.05, 0) is 62.4 Å². The molecular formula is C20H20N2O4. The Hall–Kier alpha value is -3.28. The molecule has 0 saturated heterocycles. The molecule has 1 amide bonds. The molecule has 0 aliphatic heterocycles. The molecule has 6 nitrogen and oxygen atoms in total. The molecule has 0 bridgehead atoms. The second-order valence-corrected chi connectivity index (χ2v) is 5.80. The van der Waals surface area contributed by atoms with E-state index in [9.17, 15) is 4.79 Å². The number of rotatable bonds is 6. The number of anilines is 1. The van der Waals surface area contributed by atoms with Crippen molar-refractivity contribution in [2.45, 2.75) is 20.5 Å². The van der Waals surface area contributed by atoms with Crippen LogP contribution in [0.25, 0.3) is 0 Å². The lowest BCUT2D eigenvalue weighted by atomic mass is 10.2. The summed E-state index contributed by atoms with van der Waals surface area (Å²) < 4.78 is 16.0. The zero-order valence-electron chi connectivity index (χ0n) is 14.9. The summed E-state index contributed by atoms with van der Waals surface area (Å²) in [7, 11) is 1.60. The Morgan fingerprint density at radius 1 is 1.04 bits per heavy atom. The molecule has 134 valence electrons. The second-order valence-electron chi connectivity index (χ2n) is 5.80. The van der Waals surface area contributed by atoms with Gasteiger partial charge < -0.3 is 19.3 Å². The first kappa shape index (κ1) is 17.5. The van der Waals surface area contributed by atoms with Gasteiger partial charge in [-0.15, -0.1) is 0 Å². The molecule has 1 aromatic heterocycles. The van der Waals surface area contributed by atoms with Crippen LogP contribution in [-0.2, 0) is 6.61 Å². The van der Waals surface area contributed by atoms with Crippen molar-refractivity contribution in [3.8, 4) is 11.5 Å². The first-order valence-corrected chi connectivity index (χ1v) is 8.17. The first-order valence-electron chi connectivity index (χ1n) is 8.17. The highest BCUT2D eigenvalue weighted by Gasteiger charge is 2.10. The molecule has 0 unspecified atom stereocenters. The number of aromatic nitrogens is 1. The quantitative estimate of drug-likeness (QED) is 0.722. The number of carbonyl (C=O) groups excluding carboxylic acids is 1. The number of ether oxygens (including phenoxy) is 2. The zero-order chi connectivity index (χ0) is 18.5. The molecule has 0 radical (unpaired) electrons. The van der Waals surface area contributed by atoms with E-state index >= 15 is 0 Å². The topological polar surface area (TPSA) is 73.6 Å². The molecule has 1 N–H and O–H groups in total. The van der Waals surface area contributed by atoms with Crippen molar-refractivity contribution in [2.24, 2.45) is 0 Å². The van der Waals surface area contributed by atoms with Crippen LogP contribution in [0.5, 0.6) is 11.5 Å². The fourth-order valence-corrected chi connectivity index (χ4v) is 2.44. The fraction of sp³-hybridized carbons (Fsp3) is 0.200. The highest BCUT2D eigenvalue weighted by Crippen LogP contribution is 2.19. The van der Waals surface area contributed by atoms with Crippen molar-refractivity contribution < 1.29 is 18.8 Å². The van der Waals surface area contributed by atoms with Crippen LogP contribution in [0.4, 0.5) is 5.69 Å². The number of amides is 1. The summed E-state index contributed by atoms with van der Waals surface area (Å²) in [4.78, 5) is 12.3. The third-order valence-electron chi connectivity index (χ3n) is 4.03. The highest BCUT2D eigenvalue weighted by atomic mass is 16.5. The Bertz CT molecular complexity index is 864. The molecule has 1 heterocycles. The van der Waals surface area contributed by atoms with Crippen LogP contribution in [0.3, 0.4) is 0 Å². The van der Waals surface area contributed by atoms with E-state index < -0.39 is 0 Å². The number of carbonyl (C=O) groups is 1. The number of benzene rings is 2. The van der Waals surface area contributed by atoms with E-state index in [4.69, 9.17) is 14.0 Å². The van der Waals surface area contributed by atoms with E-state index in [0.717, 1.165) is 22.8 Å². The van der Waals surface area contributed by atoms with E-state index in [2.05, 4.69) is 10.5 Å². The van der Waals surface area contributed by atoms with Crippen LogP contribution < -0.4 is 14.8 Å². The molecule has 0 saturated carbocycles. The van der Waals surface area contributed by atoms with Crippen LogP contribution in [0.15, 0.2) is 53.1 Å². The standard InChI is InChI=1S/C20H20N2O4/c1-13-19(14(2)26-22-13)12-25-18-8-4-15(5-9-18)20(23)21-16-6-10-17(24-3)11-7-16/h4-11H,12H2,1-3H3,(H,21,23). The molecule has 3 aromatic rings. The lowest BCUT2D eigenvalue weighted by Crippen LogP contribution is -2.11. The Morgan fingerprint density at radius 3 is 2.27 bits per heavy atom. The predicted octanol–water partition coefficient (Wildman–Crippen LogP) is 4.13. The summed E-state index contributed by atoms with van der Waals surface area (Å²) in [5, 5.41) is 6.74. The molecular weight excluding hydrogens is 332 g/mol. The smallest absolute Gasteiger partial charge is 0.255 e. The van der Waals surface area contributed by atoms with Gasteiger partial charge in [0.25, 0.3) is 5.91 Å². The van der Waals surface area contributed by atoms with Gasteiger partial charge in [0, 0.05) is 11.3 Å². The van der Waals surface area contributed by atoms with Gasteiger partial charge in [-0.2, -0.15) is 0 Å². The van der Waals surface area contributed by atoms with Crippen molar-refractivity contribution in [1.82, 2.24) is 5.16 Å². The molecule has 0 atom stereocenters. The molecule has 0 aliphatic carbocycles. The molecule has 26 heavy (non-hydrogen) atoms. The fourth-order valence-electron chi connectivity index (χ4n) is 2.44. The summed E-state index contributed by atoms with van der Waals surface area (Å²) in [6.07, 6.45) is 0. The van der Waals surface area contributed by atoms with Crippen LogP contribution >= 0.6 is 0 Å². The first-order chi connectivity index (χ1) is 12.6. The van der Waals surface area contributed by atoms with Gasteiger partial charge in [0.15, 0.2) is 0 Å². The molecule has 0 spiro atoms. The van der Waals surface area contributed by atoms with Gasteiger partial charge in [-0.1, -0.05) is 5.16 Å². The van der Waals surface area contributed by atoms with Gasteiger partial charge >= 0.3 is 0 Å². The van der Waals surface area contributed by atoms with Gasteiger partial charge in [-0.3, -0.25) is 4.79 Å². The highest BCUT2D eigenvalue weighted by molar-refractivity contribution is 6.04. The lowest BCUT2D eigenvalue weighted by molar-refractivity contribution is 0.102. The van der Waals surface area contributed by atoms with E-state index in [-0.39, 0.29) is 5.91 Å². The van der Waals surface area contributed by atoms with Gasteiger partial charge in [0.05, 0.1) is 18.4 Å². The Balaban J connectivity index is 1.60. The average Bonchev–Trinajstić information content (AvgIpc) is 2.99. The van der Waals surface area contributed by atoms with Crippen molar-refractivity contribution in [3.63, 3.8) is 0 Å². The number of methoxy groups -OCH3 is 1. The van der Waals surface area contributed by atoms with Crippen LogP contribution in [0.2, 0.25) is 0 Å². The van der Waals surface area contributed by atoms with Crippen molar-refractivity contribution >= 4 is 11.6 Å². The van der Waals surface area contributed by atoms with E-state index in [1.165, 1.54) is 0 Å². The van der Waals surface area contributed by atoms with Gasteiger partial charge in [0.2, 0.25) is 0 Å². The molecule has 3 rings (SSSR count). The predicted molar refractivity (Wildman–Crippen MR) is 97.7 cm³/mol. The second kappa shape index (κ2) is 7.74. The minimum atomic E-state index is -0.188. The molecule has 2 aromatic carbocycles. The van der Waals surface area contributed by atoms with Crippen LogP contribution in [-0.4, -0.2) is 18.2 Å². The van der Waals surface area contributed by atoms with Crippen molar-refractivity contribution in [2.75, 3.05) is 12.4 Å². The minimum absolute atomic E-state index is 0.188. The minimum Gasteiger partial charge on any atom is -0.497 e. The summed E-state index contributed by atoms with van der Waals surface area (Å²) in [6, 6.07) is 14.1. The number of hydrogen-bond acceptors (Lipinski definition) is 5. The monoisotopic (exact) mass is 352 g/mol. The van der Waals surface area contributed by atoms with Gasteiger partial charge in [-0.25, -0.2) is 0 Å². The molecule has 0 aliphatic rings. The Kier molecular flexibility index (Phi) is 5.22. The zero-order valence-corrected chi connectivity index (χ0v) is 14.9. The summed E-state index contributed by atoms with van der Waals surface area (Å²) >= 11 is 0. The molecule has 0 fully saturated rings. The largest absolute Gasteiger partial charge is 0.497 e. The number of nitrogens with one attached hydrogen (secondary N) is 1. The Morgan fingerprint density at radius 2 is 1.69 bits per heavy atom. The van der Waals surface area contributed by atoms with E-state index in [0.29, 0.717) is 23.6 Å². The van der Waals surface area contributed by atoms with Crippen molar-refractivity contribution in [1.29, 1.82) is 0 Å². The third-order valence-corrected chi connectivity index (χ3v) is 4.03. The number of nitrogens with zero attached hydrogens (tertiary/aromatic N) is 1. The maximum Gasteiger partial charge on any atom is 0.255 e. The maximum absolute atomic E-state index is 12.3. The van der Waals surface area contributed by atoms with Crippen LogP contribution in [0, 0.1) is 13.8 Å². The summed E-state index contributed by atoms with van der Waals surface area (Å²) in [5.41, 5.74) is 3.00. The number of hydrogen-bond donors (Lipinski definition) is 1. The average molecular weight is 352 g/mol. The third kappa shape index (κ3) is 4.03. The van der Waals surface area contributed by atoms with Crippen molar-refractivity contribution in [3.05, 3.63) is 71.1 Å². The lowest BCUT2D eigenvalue weighted by Gasteiger charge is -2.08. The molecule has 6 heteroatoms. The summed E-state index contributed by atoms with van der Waals surface area (Å²) in [5.74, 6) is 1.97. The normalized spacial score (nSPS) is 10.4. The maximum atomic E-state index is 12.3. The Labute approximate surface area is 151 Å². The summed E-state index contributed by atoms with van der Waals surface area (Å²) in [6.45, 7) is 4.10. The van der Waals surface area contributed by atoms with E-state index in [1.807, 2.05) is 13.8 Å². The van der Waals surface area contributed by atoms with E-state index in [1.54, 1.807) is 55.6 Å². The number of aryl methyl sites for hydroxylation is 2. The van der Waals surface area contributed by atoms with Gasteiger partial charge in [0.1, 0.15) is 23.9 Å².